The second-order valence-corrected chi connectivity index (χ2v) is 6.76. The van der Waals surface area contributed by atoms with Crippen LogP contribution in [0.1, 0.15) is 37.7 Å². The number of benzene rings is 1. The number of hydrogen-bond donors (Lipinski definition) is 1. The zero-order valence-corrected chi connectivity index (χ0v) is 16.0. The molecule has 144 valence electrons. The fraction of sp³-hybridized carbons (Fsp3) is 0.429. The average Bonchev–Trinajstić information content (AvgIpc) is 2.67. The van der Waals surface area contributed by atoms with Gasteiger partial charge in [0.25, 0.3) is 0 Å². The highest BCUT2D eigenvalue weighted by Gasteiger charge is 2.34. The first kappa shape index (κ1) is 19.2. The minimum Gasteiger partial charge on any atom is -0.496 e. The molecule has 0 spiro atoms. The first-order valence-electron chi connectivity index (χ1n) is 9.06. The highest BCUT2D eigenvalue weighted by molar-refractivity contribution is 6.01. The number of ketones is 1. The summed E-state index contributed by atoms with van der Waals surface area (Å²) in [7, 11) is 3.19. The van der Waals surface area contributed by atoms with Gasteiger partial charge >= 0.3 is 5.97 Å². The Hall–Kier alpha value is -2.60. The van der Waals surface area contributed by atoms with Crippen LogP contribution in [-0.4, -0.2) is 39.2 Å². The van der Waals surface area contributed by atoms with Crippen molar-refractivity contribution < 1.29 is 23.8 Å². The number of ether oxygens (including phenoxy) is 3. The van der Waals surface area contributed by atoms with Crippen molar-refractivity contribution in [2.24, 2.45) is 0 Å². The van der Waals surface area contributed by atoms with Crippen molar-refractivity contribution >= 4 is 11.8 Å². The summed E-state index contributed by atoms with van der Waals surface area (Å²) in [6.45, 7) is 2.38. The summed E-state index contributed by atoms with van der Waals surface area (Å²) in [4.78, 5) is 25.1. The molecule has 1 aliphatic heterocycles. The normalized spacial score (nSPS) is 19.5. The van der Waals surface area contributed by atoms with E-state index in [1.807, 2.05) is 31.2 Å². The minimum absolute atomic E-state index is 0.0582. The first-order chi connectivity index (χ1) is 13.0. The SMILES string of the molecule is COCCOC(=O)C1=C(C)NC2=C(C1)C(=O)C[C@H](c1ccccc1OC)C2. The van der Waals surface area contributed by atoms with Crippen molar-refractivity contribution in [1.29, 1.82) is 0 Å². The summed E-state index contributed by atoms with van der Waals surface area (Å²) in [5.41, 5.74) is 3.87. The number of allylic oxidation sites excluding steroid dienone is 3. The van der Waals surface area contributed by atoms with Gasteiger partial charge in [0.15, 0.2) is 5.78 Å². The Kier molecular flexibility index (Phi) is 5.96. The van der Waals surface area contributed by atoms with Crippen LogP contribution in [0.3, 0.4) is 0 Å². The van der Waals surface area contributed by atoms with Crippen molar-refractivity contribution in [3.63, 3.8) is 0 Å². The second kappa shape index (κ2) is 8.39. The van der Waals surface area contributed by atoms with Gasteiger partial charge in [-0.05, 0) is 25.0 Å². The van der Waals surface area contributed by atoms with Gasteiger partial charge in [0.1, 0.15) is 12.4 Å². The van der Waals surface area contributed by atoms with Crippen molar-refractivity contribution in [3.05, 3.63) is 52.4 Å². The molecule has 0 aromatic heterocycles. The molecule has 0 fully saturated rings. The highest BCUT2D eigenvalue weighted by Crippen LogP contribution is 2.41. The molecular formula is C21H25NO5. The molecule has 0 saturated heterocycles. The van der Waals surface area contributed by atoms with Crippen LogP contribution in [0.25, 0.3) is 0 Å². The molecule has 6 heteroatoms. The van der Waals surface area contributed by atoms with Crippen LogP contribution in [0.4, 0.5) is 0 Å². The number of carbonyl (C=O) groups excluding carboxylic acids is 2. The summed E-state index contributed by atoms with van der Waals surface area (Å²) < 4.78 is 15.6. The van der Waals surface area contributed by atoms with Gasteiger partial charge in [0.2, 0.25) is 0 Å². The van der Waals surface area contributed by atoms with E-state index in [2.05, 4.69) is 5.32 Å². The maximum Gasteiger partial charge on any atom is 0.336 e. The molecule has 1 aliphatic carbocycles. The van der Waals surface area contributed by atoms with Crippen LogP contribution < -0.4 is 10.1 Å². The lowest BCUT2D eigenvalue weighted by atomic mass is 9.78. The number of nitrogens with one attached hydrogen (secondary N) is 1. The first-order valence-corrected chi connectivity index (χ1v) is 9.06. The topological polar surface area (TPSA) is 73.9 Å². The molecule has 0 bridgehead atoms. The lowest BCUT2D eigenvalue weighted by Crippen LogP contribution is -2.31. The fourth-order valence-corrected chi connectivity index (χ4v) is 3.65. The van der Waals surface area contributed by atoms with Crippen LogP contribution in [0, 0.1) is 0 Å². The molecule has 0 amide bonds. The third-order valence-electron chi connectivity index (χ3n) is 5.07. The zero-order valence-electron chi connectivity index (χ0n) is 16.0. The Morgan fingerprint density at radius 2 is 1.96 bits per heavy atom. The quantitative estimate of drug-likeness (QED) is 0.612. The Morgan fingerprint density at radius 1 is 1.19 bits per heavy atom. The standard InChI is InChI=1S/C21H25NO5/c1-13-16(21(24)27-9-8-25-2)12-17-18(22-13)10-14(11-19(17)23)15-6-4-5-7-20(15)26-3/h4-7,14,22H,8-12H2,1-3H3/t14-/m1/s1. The molecule has 6 nitrogen and oxygen atoms in total. The van der Waals surface area contributed by atoms with Crippen LogP contribution >= 0.6 is 0 Å². The van der Waals surface area contributed by atoms with E-state index < -0.39 is 5.97 Å². The third-order valence-corrected chi connectivity index (χ3v) is 5.07. The van der Waals surface area contributed by atoms with Gasteiger partial charge < -0.3 is 19.5 Å². The number of rotatable bonds is 6. The molecule has 1 aromatic carbocycles. The number of dihydropyridines is 1. The smallest absolute Gasteiger partial charge is 0.336 e. The monoisotopic (exact) mass is 371 g/mol. The maximum atomic E-state index is 12.8. The highest BCUT2D eigenvalue weighted by atomic mass is 16.6. The van der Waals surface area contributed by atoms with E-state index in [1.165, 1.54) is 0 Å². The third kappa shape index (κ3) is 4.06. The Morgan fingerprint density at radius 3 is 2.70 bits per heavy atom. The number of Topliss-reactive ketones (excluding diaryl/α,β-unsaturated/α-hetero) is 1. The van der Waals surface area contributed by atoms with Crippen molar-refractivity contribution in [2.75, 3.05) is 27.4 Å². The van der Waals surface area contributed by atoms with Crippen molar-refractivity contribution in [1.82, 2.24) is 5.32 Å². The van der Waals surface area contributed by atoms with Crippen LogP contribution in [0.15, 0.2) is 46.8 Å². The summed E-state index contributed by atoms with van der Waals surface area (Å²) in [5, 5.41) is 3.27. The van der Waals surface area contributed by atoms with Gasteiger partial charge in [-0.1, -0.05) is 18.2 Å². The van der Waals surface area contributed by atoms with Crippen LogP contribution in [0.5, 0.6) is 5.75 Å². The number of methoxy groups -OCH3 is 2. The van der Waals surface area contributed by atoms with E-state index in [9.17, 15) is 9.59 Å². The molecule has 1 aromatic rings. The number of esters is 1. The molecule has 27 heavy (non-hydrogen) atoms. The molecule has 0 radical (unpaired) electrons. The number of hydrogen-bond acceptors (Lipinski definition) is 6. The lowest BCUT2D eigenvalue weighted by Gasteiger charge is -2.32. The molecule has 1 N–H and O–H groups in total. The van der Waals surface area contributed by atoms with Crippen molar-refractivity contribution in [2.45, 2.75) is 32.1 Å². The van der Waals surface area contributed by atoms with E-state index >= 15 is 0 Å². The molecule has 1 heterocycles. The molecular weight excluding hydrogens is 346 g/mol. The molecule has 1 atom stereocenters. The van der Waals surface area contributed by atoms with E-state index in [0.29, 0.717) is 37.0 Å². The molecule has 0 saturated carbocycles. The summed E-state index contributed by atoms with van der Waals surface area (Å²) in [6, 6.07) is 7.80. The van der Waals surface area contributed by atoms with E-state index in [-0.39, 0.29) is 18.3 Å². The van der Waals surface area contributed by atoms with E-state index in [1.54, 1.807) is 14.2 Å². The molecule has 3 rings (SSSR count). The van der Waals surface area contributed by atoms with E-state index in [0.717, 1.165) is 22.7 Å². The lowest BCUT2D eigenvalue weighted by molar-refractivity contribution is -0.140. The van der Waals surface area contributed by atoms with Gasteiger partial charge in [-0.15, -0.1) is 0 Å². The zero-order chi connectivity index (χ0) is 19.4. The Labute approximate surface area is 159 Å². The minimum atomic E-state index is -0.400. The average molecular weight is 371 g/mol. The van der Waals surface area contributed by atoms with Gasteiger partial charge in [-0.2, -0.15) is 0 Å². The Balaban J connectivity index is 1.77. The molecule has 0 unspecified atom stereocenters. The van der Waals surface area contributed by atoms with Gasteiger partial charge in [-0.25, -0.2) is 4.79 Å². The second-order valence-electron chi connectivity index (χ2n) is 6.76. The summed E-state index contributed by atoms with van der Waals surface area (Å²) >= 11 is 0. The van der Waals surface area contributed by atoms with E-state index in [4.69, 9.17) is 14.2 Å². The van der Waals surface area contributed by atoms with Gasteiger partial charge in [0, 0.05) is 42.8 Å². The Bertz CT molecular complexity index is 809. The van der Waals surface area contributed by atoms with Crippen LogP contribution in [-0.2, 0) is 19.1 Å². The predicted molar refractivity (Wildman–Crippen MR) is 100 cm³/mol. The predicted octanol–water partition coefficient (Wildman–Crippen LogP) is 2.85. The van der Waals surface area contributed by atoms with Gasteiger partial charge in [-0.3, -0.25) is 4.79 Å². The summed E-state index contributed by atoms with van der Waals surface area (Å²) in [5.74, 6) is 0.519. The van der Waals surface area contributed by atoms with Crippen molar-refractivity contribution in [3.8, 4) is 5.75 Å². The number of carbonyl (C=O) groups is 2. The summed E-state index contributed by atoms with van der Waals surface area (Å²) in [6.07, 6.45) is 1.44. The fourth-order valence-electron chi connectivity index (χ4n) is 3.65. The molecule has 2 aliphatic rings. The maximum absolute atomic E-state index is 12.8. The number of para-hydroxylation sites is 1. The van der Waals surface area contributed by atoms with Gasteiger partial charge in [0.05, 0.1) is 19.3 Å². The van der Waals surface area contributed by atoms with Crippen LogP contribution in [0.2, 0.25) is 0 Å². The largest absolute Gasteiger partial charge is 0.496 e.